The number of carbonyl (C=O) groups is 1. The third-order valence-electron chi connectivity index (χ3n) is 7.68. The maximum atomic E-state index is 14.6. The SMILES string of the molecule is CCCC(C)(C(=O)O)c1cc(-c2ccc(C(F)(F)F)c(F)c2)cc(C(c2ccc(F)cc2)N2CCCCC2)c1. The minimum absolute atomic E-state index is 0.212. The predicted molar refractivity (Wildman–Crippen MR) is 140 cm³/mol. The van der Waals surface area contributed by atoms with E-state index in [2.05, 4.69) is 4.90 Å². The van der Waals surface area contributed by atoms with Crippen LogP contribution < -0.4 is 0 Å². The van der Waals surface area contributed by atoms with Crippen molar-refractivity contribution in [3.63, 3.8) is 0 Å². The van der Waals surface area contributed by atoms with E-state index < -0.39 is 28.9 Å². The summed E-state index contributed by atoms with van der Waals surface area (Å²) < 4.78 is 68.1. The highest BCUT2D eigenvalue weighted by atomic mass is 19.4. The lowest BCUT2D eigenvalue weighted by Crippen LogP contribution is -2.35. The van der Waals surface area contributed by atoms with Crippen LogP contribution in [0.25, 0.3) is 11.1 Å². The highest BCUT2D eigenvalue weighted by Crippen LogP contribution is 2.40. The first-order valence-electron chi connectivity index (χ1n) is 13.2. The summed E-state index contributed by atoms with van der Waals surface area (Å²) >= 11 is 0. The fourth-order valence-electron chi connectivity index (χ4n) is 5.53. The summed E-state index contributed by atoms with van der Waals surface area (Å²) in [4.78, 5) is 14.8. The van der Waals surface area contributed by atoms with Crippen LogP contribution in [0.5, 0.6) is 0 Å². The lowest BCUT2D eigenvalue weighted by Gasteiger charge is -2.36. The van der Waals surface area contributed by atoms with Crippen LogP contribution in [0.15, 0.2) is 60.7 Å². The lowest BCUT2D eigenvalue weighted by atomic mass is 9.76. The molecule has 1 N–H and O–H groups in total. The zero-order valence-electron chi connectivity index (χ0n) is 22.0. The number of rotatable bonds is 8. The molecule has 0 radical (unpaired) electrons. The normalized spacial score (nSPS) is 17.0. The number of hydrogen-bond donors (Lipinski definition) is 1. The highest BCUT2D eigenvalue weighted by molar-refractivity contribution is 5.82. The van der Waals surface area contributed by atoms with Crippen LogP contribution >= 0.6 is 0 Å². The second kappa shape index (κ2) is 11.5. The van der Waals surface area contributed by atoms with Crippen molar-refractivity contribution >= 4 is 5.97 Å². The molecular weight excluding hydrogens is 513 g/mol. The van der Waals surface area contributed by atoms with Gasteiger partial charge in [0.15, 0.2) is 0 Å². The molecule has 208 valence electrons. The molecule has 2 atom stereocenters. The Hall–Kier alpha value is -3.26. The third kappa shape index (κ3) is 6.16. The Morgan fingerprint density at radius 2 is 1.56 bits per heavy atom. The van der Waals surface area contributed by atoms with Crippen molar-refractivity contribution in [2.75, 3.05) is 13.1 Å². The molecule has 39 heavy (non-hydrogen) atoms. The van der Waals surface area contributed by atoms with Crippen LogP contribution in [0, 0.1) is 11.6 Å². The predicted octanol–water partition coefficient (Wildman–Crippen LogP) is 8.37. The molecular formula is C31H32F5NO2. The lowest BCUT2D eigenvalue weighted by molar-refractivity contribution is -0.143. The molecule has 0 aromatic heterocycles. The standard InChI is InChI=1S/C31H32F5NO2/c1-3-13-30(2,29(38)39)24-17-22(21-9-12-26(27(33)19-21)31(34,35)36)16-23(18-24)28(37-14-5-4-6-15-37)20-7-10-25(32)11-8-20/h7-12,16-19,28H,3-6,13-15H2,1-2H3,(H,38,39). The number of piperidine rings is 1. The van der Waals surface area contributed by atoms with E-state index in [0.717, 1.165) is 49.5 Å². The highest BCUT2D eigenvalue weighted by Gasteiger charge is 2.37. The molecule has 2 unspecified atom stereocenters. The molecule has 3 nitrogen and oxygen atoms in total. The fourth-order valence-corrected chi connectivity index (χ4v) is 5.53. The van der Waals surface area contributed by atoms with Gasteiger partial charge in [-0.2, -0.15) is 13.2 Å². The average molecular weight is 546 g/mol. The number of carboxylic acid groups (broad SMARTS) is 1. The van der Waals surface area contributed by atoms with Gasteiger partial charge in [0.05, 0.1) is 17.0 Å². The molecule has 1 fully saturated rings. The summed E-state index contributed by atoms with van der Waals surface area (Å²) in [6.45, 7) is 5.07. The van der Waals surface area contributed by atoms with Crippen LogP contribution in [0.1, 0.15) is 74.2 Å². The van der Waals surface area contributed by atoms with Crippen molar-refractivity contribution in [2.24, 2.45) is 0 Å². The molecule has 1 saturated heterocycles. The summed E-state index contributed by atoms with van der Waals surface area (Å²) in [5.74, 6) is -2.80. The van der Waals surface area contributed by atoms with E-state index >= 15 is 0 Å². The molecule has 0 amide bonds. The van der Waals surface area contributed by atoms with E-state index in [-0.39, 0.29) is 17.4 Å². The molecule has 0 spiro atoms. The zero-order chi connectivity index (χ0) is 28.4. The Morgan fingerprint density at radius 3 is 2.13 bits per heavy atom. The van der Waals surface area contributed by atoms with Gasteiger partial charge in [-0.15, -0.1) is 0 Å². The summed E-state index contributed by atoms with van der Waals surface area (Å²) in [5, 5.41) is 10.2. The summed E-state index contributed by atoms with van der Waals surface area (Å²) in [7, 11) is 0. The number of carboxylic acids is 1. The molecule has 8 heteroatoms. The maximum Gasteiger partial charge on any atom is 0.419 e. The number of benzene rings is 3. The van der Waals surface area contributed by atoms with Gasteiger partial charge in [0, 0.05) is 0 Å². The Morgan fingerprint density at radius 1 is 0.897 bits per heavy atom. The number of aliphatic carboxylic acids is 1. The molecule has 3 aromatic rings. The van der Waals surface area contributed by atoms with Gasteiger partial charge < -0.3 is 5.11 Å². The smallest absolute Gasteiger partial charge is 0.419 e. The van der Waals surface area contributed by atoms with Crippen molar-refractivity contribution < 1.29 is 31.9 Å². The molecule has 0 saturated carbocycles. The van der Waals surface area contributed by atoms with Crippen molar-refractivity contribution in [3.8, 4) is 11.1 Å². The molecule has 0 bridgehead atoms. The third-order valence-corrected chi connectivity index (χ3v) is 7.68. The number of halogens is 5. The Kier molecular flexibility index (Phi) is 8.45. The first-order chi connectivity index (χ1) is 18.4. The van der Waals surface area contributed by atoms with Crippen LogP contribution in [-0.4, -0.2) is 29.1 Å². The maximum absolute atomic E-state index is 14.6. The van der Waals surface area contributed by atoms with Crippen molar-refractivity contribution in [3.05, 3.63) is 94.6 Å². The van der Waals surface area contributed by atoms with Gasteiger partial charge in [-0.3, -0.25) is 9.69 Å². The van der Waals surface area contributed by atoms with Crippen molar-refractivity contribution in [1.29, 1.82) is 0 Å². The number of nitrogens with zero attached hydrogens (tertiary/aromatic N) is 1. The summed E-state index contributed by atoms with van der Waals surface area (Å²) in [6, 6.07) is 13.8. The van der Waals surface area contributed by atoms with Crippen molar-refractivity contribution in [1.82, 2.24) is 4.90 Å². The molecule has 4 rings (SSSR count). The van der Waals surface area contributed by atoms with Crippen molar-refractivity contribution in [2.45, 2.75) is 63.6 Å². The van der Waals surface area contributed by atoms with Crippen LogP contribution in [-0.2, 0) is 16.4 Å². The van der Waals surface area contributed by atoms with Gasteiger partial charge in [-0.1, -0.05) is 44.0 Å². The van der Waals surface area contributed by atoms with E-state index in [4.69, 9.17) is 0 Å². The zero-order valence-corrected chi connectivity index (χ0v) is 22.0. The van der Waals surface area contributed by atoms with E-state index in [1.165, 1.54) is 18.2 Å². The van der Waals surface area contributed by atoms with Gasteiger partial charge >= 0.3 is 12.1 Å². The van der Waals surface area contributed by atoms with Crippen LogP contribution in [0.4, 0.5) is 22.0 Å². The van der Waals surface area contributed by atoms with E-state index in [0.29, 0.717) is 30.0 Å². The number of likely N-dealkylation sites (tertiary alicyclic amines) is 1. The summed E-state index contributed by atoms with van der Waals surface area (Å²) in [6.07, 6.45) is -0.896. The first kappa shape index (κ1) is 28.7. The quantitative estimate of drug-likeness (QED) is 0.289. The summed E-state index contributed by atoms with van der Waals surface area (Å²) in [5.41, 5.74) is 0.00833. The first-order valence-corrected chi connectivity index (χ1v) is 13.2. The molecule has 3 aromatic carbocycles. The second-order valence-corrected chi connectivity index (χ2v) is 10.5. The fraction of sp³-hybridized carbons (Fsp3) is 0.387. The van der Waals surface area contributed by atoms with Gasteiger partial charge in [0.2, 0.25) is 0 Å². The Labute approximate surface area is 225 Å². The Balaban J connectivity index is 1.95. The molecule has 1 heterocycles. The average Bonchev–Trinajstić information content (AvgIpc) is 2.89. The Bertz CT molecular complexity index is 1320. The molecule has 0 aliphatic carbocycles. The van der Waals surface area contributed by atoms with E-state index in [9.17, 15) is 31.9 Å². The minimum atomic E-state index is -4.83. The van der Waals surface area contributed by atoms with E-state index in [1.54, 1.807) is 31.2 Å². The van der Waals surface area contributed by atoms with Gasteiger partial charge in [0.25, 0.3) is 0 Å². The van der Waals surface area contributed by atoms with Crippen LogP contribution in [0.3, 0.4) is 0 Å². The molecule has 1 aliphatic rings. The number of alkyl halides is 3. The van der Waals surface area contributed by atoms with Gasteiger partial charge in [-0.25, -0.2) is 8.78 Å². The number of hydrogen-bond acceptors (Lipinski definition) is 2. The van der Waals surface area contributed by atoms with E-state index in [1.807, 2.05) is 13.0 Å². The molecule has 1 aliphatic heterocycles. The topological polar surface area (TPSA) is 40.5 Å². The van der Waals surface area contributed by atoms with Gasteiger partial charge in [0.1, 0.15) is 11.6 Å². The minimum Gasteiger partial charge on any atom is -0.481 e. The monoisotopic (exact) mass is 545 g/mol. The second-order valence-electron chi connectivity index (χ2n) is 10.5. The van der Waals surface area contributed by atoms with Gasteiger partial charge in [-0.05, 0) is 103 Å². The largest absolute Gasteiger partial charge is 0.481 e. The van der Waals surface area contributed by atoms with Crippen LogP contribution in [0.2, 0.25) is 0 Å².